The molecule has 2 heterocycles. The van der Waals surface area contributed by atoms with Crippen LogP contribution in [-0.2, 0) is 0 Å². The highest BCUT2D eigenvalue weighted by atomic mass is 32.1. The molecule has 0 bridgehead atoms. The quantitative estimate of drug-likeness (QED) is 0.801. The van der Waals surface area contributed by atoms with Gasteiger partial charge in [-0.2, -0.15) is 0 Å². The molecule has 1 aliphatic carbocycles. The minimum Gasteiger partial charge on any atom is -0.324 e. The van der Waals surface area contributed by atoms with Crippen molar-refractivity contribution < 1.29 is 0 Å². The predicted molar refractivity (Wildman–Crippen MR) is 91.4 cm³/mol. The molecule has 4 rings (SSSR count). The number of aryl methyl sites for hydroxylation is 1. The maximum atomic E-state index is 13.1. The van der Waals surface area contributed by atoms with Crippen molar-refractivity contribution in [3.8, 4) is 11.1 Å². The van der Waals surface area contributed by atoms with E-state index in [1.165, 1.54) is 0 Å². The van der Waals surface area contributed by atoms with Crippen molar-refractivity contribution in [2.45, 2.75) is 25.8 Å². The molecule has 3 aromatic rings. The number of nitrogens with two attached hydrogens (primary N) is 1. The molecule has 0 amide bonds. The summed E-state index contributed by atoms with van der Waals surface area (Å²) in [6.07, 6.45) is 2.33. The monoisotopic (exact) mass is 310 g/mol. The van der Waals surface area contributed by atoms with Crippen molar-refractivity contribution >= 4 is 16.2 Å². The van der Waals surface area contributed by atoms with Crippen LogP contribution in [0.5, 0.6) is 0 Å². The van der Waals surface area contributed by atoms with Crippen LogP contribution in [0, 0.1) is 12.8 Å². The highest BCUT2D eigenvalue weighted by Crippen LogP contribution is 2.42. The van der Waals surface area contributed by atoms with E-state index in [1.807, 2.05) is 42.6 Å². The number of aromatic nitrogens is 1. The lowest BCUT2D eigenvalue weighted by atomic mass is 9.94. The number of pyridine rings is 1. The molecular formula is C18H18N2OS. The van der Waals surface area contributed by atoms with E-state index in [-0.39, 0.29) is 11.6 Å². The van der Waals surface area contributed by atoms with Gasteiger partial charge < -0.3 is 5.73 Å². The highest BCUT2D eigenvalue weighted by molar-refractivity contribution is 7.15. The first-order chi connectivity index (χ1) is 10.7. The zero-order valence-electron chi connectivity index (χ0n) is 12.5. The van der Waals surface area contributed by atoms with Gasteiger partial charge in [0.05, 0.1) is 5.56 Å². The van der Waals surface area contributed by atoms with Crippen LogP contribution >= 0.6 is 11.3 Å². The standard InChI is InChI=1S/C18H18N2OS/c1-11-10-22-15-9-14(17(19)13-7-8-13)16(18(21)20(11)15)12-5-3-2-4-6-12/h2-6,9-10,13,17H,7-8,19H2,1H3. The zero-order chi connectivity index (χ0) is 15.3. The van der Waals surface area contributed by atoms with E-state index < -0.39 is 0 Å². The van der Waals surface area contributed by atoms with Gasteiger partial charge in [0.2, 0.25) is 0 Å². The molecule has 1 atom stereocenters. The molecular weight excluding hydrogens is 292 g/mol. The number of hydrogen-bond acceptors (Lipinski definition) is 3. The molecule has 2 aromatic heterocycles. The smallest absolute Gasteiger partial charge is 0.264 e. The van der Waals surface area contributed by atoms with Gasteiger partial charge in [-0.1, -0.05) is 30.3 Å². The fourth-order valence-corrected chi connectivity index (χ4v) is 4.02. The first-order valence-electron chi connectivity index (χ1n) is 7.61. The average molecular weight is 310 g/mol. The van der Waals surface area contributed by atoms with Gasteiger partial charge in [-0.05, 0) is 42.9 Å². The third-order valence-electron chi connectivity index (χ3n) is 4.46. The van der Waals surface area contributed by atoms with Gasteiger partial charge in [0.15, 0.2) is 0 Å². The van der Waals surface area contributed by atoms with Gasteiger partial charge in [-0.25, -0.2) is 0 Å². The van der Waals surface area contributed by atoms with Crippen LogP contribution in [0.4, 0.5) is 0 Å². The van der Waals surface area contributed by atoms with Gasteiger partial charge in [0.1, 0.15) is 4.83 Å². The van der Waals surface area contributed by atoms with Crippen LogP contribution in [0.1, 0.15) is 30.1 Å². The number of hydrogen-bond donors (Lipinski definition) is 1. The molecule has 1 aliphatic rings. The van der Waals surface area contributed by atoms with Gasteiger partial charge >= 0.3 is 0 Å². The van der Waals surface area contributed by atoms with Crippen LogP contribution < -0.4 is 11.3 Å². The number of thiazole rings is 1. The van der Waals surface area contributed by atoms with Gasteiger partial charge in [-0.15, -0.1) is 11.3 Å². The number of benzene rings is 1. The highest BCUT2D eigenvalue weighted by Gasteiger charge is 2.32. The normalized spacial score (nSPS) is 16.1. The van der Waals surface area contributed by atoms with Crippen LogP contribution in [0.15, 0.2) is 46.6 Å². The Kier molecular flexibility index (Phi) is 3.17. The number of nitrogens with zero attached hydrogens (tertiary/aromatic N) is 1. The van der Waals surface area contributed by atoms with Crippen LogP contribution in [0.3, 0.4) is 0 Å². The second kappa shape index (κ2) is 5.07. The summed E-state index contributed by atoms with van der Waals surface area (Å²) in [7, 11) is 0. The van der Waals surface area contributed by atoms with Gasteiger partial charge in [-0.3, -0.25) is 9.20 Å². The SMILES string of the molecule is Cc1csc2cc(C(N)C3CC3)c(-c3ccccc3)c(=O)n12. The fourth-order valence-electron chi connectivity index (χ4n) is 3.09. The van der Waals surface area contributed by atoms with E-state index in [0.29, 0.717) is 5.92 Å². The molecule has 1 fully saturated rings. The molecule has 1 unspecified atom stereocenters. The molecule has 3 nitrogen and oxygen atoms in total. The molecule has 4 heteroatoms. The average Bonchev–Trinajstić information content (AvgIpc) is 3.31. The Morgan fingerprint density at radius 3 is 2.68 bits per heavy atom. The topological polar surface area (TPSA) is 47.5 Å². The fraction of sp³-hybridized carbons (Fsp3) is 0.278. The van der Waals surface area contributed by atoms with E-state index in [4.69, 9.17) is 5.73 Å². The summed E-state index contributed by atoms with van der Waals surface area (Å²) in [5.74, 6) is 0.519. The molecule has 0 aliphatic heterocycles. The van der Waals surface area contributed by atoms with Crippen molar-refractivity contribution in [1.82, 2.24) is 4.40 Å². The van der Waals surface area contributed by atoms with E-state index in [0.717, 1.165) is 40.1 Å². The Bertz CT molecular complexity index is 891. The summed E-state index contributed by atoms with van der Waals surface area (Å²) in [4.78, 5) is 14.1. The Morgan fingerprint density at radius 1 is 1.27 bits per heavy atom. The summed E-state index contributed by atoms with van der Waals surface area (Å²) in [6.45, 7) is 1.97. The Hall–Kier alpha value is -1.91. The first kappa shape index (κ1) is 13.7. The second-order valence-electron chi connectivity index (χ2n) is 6.06. The van der Waals surface area contributed by atoms with Crippen molar-refractivity contribution in [2.75, 3.05) is 0 Å². The van der Waals surface area contributed by atoms with Crippen molar-refractivity contribution in [3.63, 3.8) is 0 Å². The van der Waals surface area contributed by atoms with Gasteiger partial charge in [0, 0.05) is 17.1 Å². The van der Waals surface area contributed by atoms with Crippen molar-refractivity contribution in [3.05, 3.63) is 63.4 Å². The lowest BCUT2D eigenvalue weighted by Crippen LogP contribution is -2.22. The summed E-state index contributed by atoms with van der Waals surface area (Å²) in [5.41, 5.74) is 10.2. The Balaban J connectivity index is 2.06. The van der Waals surface area contributed by atoms with Gasteiger partial charge in [0.25, 0.3) is 5.56 Å². The largest absolute Gasteiger partial charge is 0.324 e. The minimum absolute atomic E-state index is 0.0460. The van der Waals surface area contributed by atoms with E-state index in [2.05, 4.69) is 6.07 Å². The second-order valence-corrected chi connectivity index (χ2v) is 6.95. The van der Waals surface area contributed by atoms with E-state index >= 15 is 0 Å². The number of rotatable bonds is 3. The zero-order valence-corrected chi connectivity index (χ0v) is 13.3. The molecule has 112 valence electrons. The molecule has 1 saturated carbocycles. The predicted octanol–water partition coefficient (Wildman–Crippen LogP) is 3.75. The Morgan fingerprint density at radius 2 is 2.00 bits per heavy atom. The molecule has 2 N–H and O–H groups in total. The van der Waals surface area contributed by atoms with Crippen LogP contribution in [0.25, 0.3) is 16.0 Å². The summed E-state index contributed by atoms with van der Waals surface area (Å²) in [5, 5.41) is 2.03. The maximum Gasteiger partial charge on any atom is 0.264 e. The molecule has 0 saturated heterocycles. The minimum atomic E-state index is -0.0460. The third kappa shape index (κ3) is 2.11. The first-order valence-corrected chi connectivity index (χ1v) is 8.49. The number of fused-ring (bicyclic) bond motifs is 1. The maximum absolute atomic E-state index is 13.1. The van der Waals surface area contributed by atoms with Crippen molar-refractivity contribution in [2.24, 2.45) is 11.7 Å². The van der Waals surface area contributed by atoms with Crippen LogP contribution in [0.2, 0.25) is 0 Å². The molecule has 22 heavy (non-hydrogen) atoms. The Labute approximate surface area is 133 Å². The van der Waals surface area contributed by atoms with Crippen LogP contribution in [-0.4, -0.2) is 4.40 Å². The molecule has 0 spiro atoms. The summed E-state index contributed by atoms with van der Waals surface area (Å²) < 4.78 is 1.80. The third-order valence-corrected chi connectivity index (χ3v) is 5.46. The summed E-state index contributed by atoms with van der Waals surface area (Å²) >= 11 is 1.60. The molecule has 0 radical (unpaired) electrons. The summed E-state index contributed by atoms with van der Waals surface area (Å²) in [6, 6.07) is 12.0. The lowest BCUT2D eigenvalue weighted by Gasteiger charge is -2.16. The van der Waals surface area contributed by atoms with E-state index in [9.17, 15) is 4.79 Å². The van der Waals surface area contributed by atoms with Crippen molar-refractivity contribution in [1.29, 1.82) is 0 Å². The lowest BCUT2D eigenvalue weighted by molar-refractivity contribution is 0.634. The van der Waals surface area contributed by atoms with E-state index in [1.54, 1.807) is 15.7 Å². The molecule has 1 aromatic carbocycles.